The Morgan fingerprint density at radius 3 is 1.36 bits per heavy atom. The zero-order valence-corrected chi connectivity index (χ0v) is 28.7. The molecule has 0 aliphatic rings. The van der Waals surface area contributed by atoms with Crippen LogP contribution in [0.1, 0.15) is 123 Å². The predicted molar refractivity (Wildman–Crippen MR) is 188 cm³/mol. The number of rotatable bonds is 21. The Morgan fingerprint density at radius 1 is 0.556 bits per heavy atom. The van der Waals surface area contributed by atoms with Crippen LogP contribution in [0.5, 0.6) is 0 Å². The van der Waals surface area contributed by atoms with Crippen molar-refractivity contribution in [2.75, 3.05) is 20.6 Å². The van der Waals surface area contributed by atoms with Gasteiger partial charge < -0.3 is 14.7 Å². The Morgan fingerprint density at radius 2 is 0.933 bits per heavy atom. The summed E-state index contributed by atoms with van der Waals surface area (Å²) < 4.78 is 1.11. The summed E-state index contributed by atoms with van der Waals surface area (Å²) in [6, 6.07) is 23.9. The minimum absolute atomic E-state index is 0.160. The van der Waals surface area contributed by atoms with Crippen LogP contribution in [0.25, 0.3) is 0 Å². The van der Waals surface area contributed by atoms with E-state index in [0.29, 0.717) is 9.79 Å². The van der Waals surface area contributed by atoms with Gasteiger partial charge in [-0.15, -0.1) is 0 Å². The van der Waals surface area contributed by atoms with Crippen LogP contribution in [0.4, 0.5) is 0 Å². The molecule has 0 heterocycles. The van der Waals surface area contributed by atoms with E-state index in [1.54, 1.807) is 36.4 Å². The number of carboxylic acids is 2. The van der Waals surface area contributed by atoms with Crippen molar-refractivity contribution in [3.05, 3.63) is 95.6 Å². The fourth-order valence-electron chi connectivity index (χ4n) is 5.47. The van der Waals surface area contributed by atoms with E-state index in [9.17, 15) is 9.59 Å². The van der Waals surface area contributed by atoms with Gasteiger partial charge in [0.05, 0.1) is 31.8 Å². The maximum Gasteiger partial charge on any atom is 0.336 e. The van der Waals surface area contributed by atoms with Crippen molar-refractivity contribution >= 4 is 23.7 Å². The standard InChI is InChI=1S/C25H46N.C14H10O4S/c1-4-5-6-7-8-9-10-11-12-13-14-15-16-20-23-26(2,3)24-25-21-18-17-19-22-25;15-13(16)9-5-1-3-7-11(9)19-12-8-4-2-6-10(12)14(17)18/h17-19,21-22H,4-16,20,23-24H2,1-3H3;1-8H,(H,15,16)(H,17,18)/q+1;. The molecular weight excluding hydrogens is 578 g/mol. The van der Waals surface area contributed by atoms with Gasteiger partial charge in [-0.3, -0.25) is 0 Å². The number of carbonyl (C=O) groups is 2. The van der Waals surface area contributed by atoms with E-state index in [0.717, 1.165) is 22.8 Å². The van der Waals surface area contributed by atoms with Crippen LogP contribution < -0.4 is 0 Å². The minimum atomic E-state index is -1.03. The number of hydrogen-bond acceptors (Lipinski definition) is 3. The highest BCUT2D eigenvalue weighted by molar-refractivity contribution is 7.99. The van der Waals surface area contributed by atoms with Gasteiger partial charge in [-0.05, 0) is 37.1 Å². The van der Waals surface area contributed by atoms with E-state index in [4.69, 9.17) is 10.2 Å². The first kappa shape index (κ1) is 38.1. The number of nitrogens with zero attached hydrogens (tertiary/aromatic N) is 1. The highest BCUT2D eigenvalue weighted by Gasteiger charge is 2.16. The van der Waals surface area contributed by atoms with E-state index in [1.807, 2.05) is 0 Å². The molecule has 0 saturated carbocycles. The molecule has 45 heavy (non-hydrogen) atoms. The van der Waals surface area contributed by atoms with Crippen LogP contribution in [-0.2, 0) is 6.54 Å². The Kier molecular flexibility index (Phi) is 19.0. The molecule has 0 radical (unpaired) electrons. The lowest BCUT2D eigenvalue weighted by Gasteiger charge is -2.30. The molecule has 246 valence electrons. The summed E-state index contributed by atoms with van der Waals surface area (Å²) >= 11 is 1.14. The number of quaternary nitrogens is 1. The molecular formula is C39H56NO4S+. The monoisotopic (exact) mass is 634 g/mol. The number of carboxylic acid groups (broad SMARTS) is 2. The molecule has 0 atom stereocenters. The summed E-state index contributed by atoms with van der Waals surface area (Å²) in [5.74, 6) is -2.06. The lowest BCUT2D eigenvalue weighted by Crippen LogP contribution is -2.39. The summed E-state index contributed by atoms with van der Waals surface area (Å²) in [6.45, 7) is 4.75. The highest BCUT2D eigenvalue weighted by Crippen LogP contribution is 2.32. The Labute approximate surface area is 276 Å². The maximum absolute atomic E-state index is 11.1. The number of benzene rings is 3. The molecule has 0 saturated heterocycles. The van der Waals surface area contributed by atoms with Gasteiger partial charge in [0.1, 0.15) is 6.54 Å². The van der Waals surface area contributed by atoms with Gasteiger partial charge in [-0.1, -0.05) is 150 Å². The predicted octanol–water partition coefficient (Wildman–Crippen LogP) is 11.0. The third-order valence-corrected chi connectivity index (χ3v) is 9.18. The summed E-state index contributed by atoms with van der Waals surface area (Å²) in [6.07, 6.45) is 20.2. The number of unbranched alkanes of at least 4 members (excludes halogenated alkanes) is 13. The summed E-state index contributed by atoms with van der Waals surface area (Å²) in [5.41, 5.74) is 1.78. The average Bonchev–Trinajstić information content (AvgIpc) is 3.02. The first-order chi connectivity index (χ1) is 21.7. The van der Waals surface area contributed by atoms with Crippen LogP contribution in [0.3, 0.4) is 0 Å². The van der Waals surface area contributed by atoms with Gasteiger partial charge in [-0.2, -0.15) is 0 Å². The Balaban J connectivity index is 0.000000328. The number of aromatic carboxylic acids is 2. The molecule has 0 bridgehead atoms. The zero-order valence-electron chi connectivity index (χ0n) is 27.9. The average molecular weight is 635 g/mol. The van der Waals surface area contributed by atoms with E-state index >= 15 is 0 Å². The molecule has 0 spiro atoms. The van der Waals surface area contributed by atoms with Crippen LogP contribution in [0.2, 0.25) is 0 Å². The molecule has 0 amide bonds. The van der Waals surface area contributed by atoms with Crippen molar-refractivity contribution in [3.8, 4) is 0 Å². The van der Waals surface area contributed by atoms with Crippen molar-refractivity contribution in [2.24, 2.45) is 0 Å². The normalized spacial score (nSPS) is 11.1. The fourth-order valence-corrected chi connectivity index (χ4v) is 6.53. The molecule has 0 aliphatic carbocycles. The van der Waals surface area contributed by atoms with Gasteiger partial charge in [-0.25, -0.2) is 9.59 Å². The number of hydrogen-bond donors (Lipinski definition) is 2. The summed E-state index contributed by atoms with van der Waals surface area (Å²) in [7, 11) is 4.74. The van der Waals surface area contributed by atoms with Crippen molar-refractivity contribution in [1.82, 2.24) is 0 Å². The topological polar surface area (TPSA) is 74.6 Å². The van der Waals surface area contributed by atoms with Crippen molar-refractivity contribution in [2.45, 2.75) is 113 Å². The summed E-state index contributed by atoms with van der Waals surface area (Å²) in [4.78, 5) is 23.2. The molecule has 6 heteroatoms. The second-order valence-electron chi connectivity index (χ2n) is 12.6. The lowest BCUT2D eigenvalue weighted by atomic mass is 10.0. The van der Waals surface area contributed by atoms with Gasteiger partial charge in [0.25, 0.3) is 0 Å². The Hall–Kier alpha value is -3.09. The van der Waals surface area contributed by atoms with Crippen LogP contribution in [0, 0.1) is 0 Å². The summed E-state index contributed by atoms with van der Waals surface area (Å²) in [5, 5.41) is 18.2. The highest BCUT2D eigenvalue weighted by atomic mass is 32.2. The first-order valence-electron chi connectivity index (χ1n) is 16.9. The van der Waals surface area contributed by atoms with Crippen LogP contribution in [-0.4, -0.2) is 47.3 Å². The van der Waals surface area contributed by atoms with Crippen molar-refractivity contribution < 1.29 is 24.3 Å². The van der Waals surface area contributed by atoms with Gasteiger partial charge in [0, 0.05) is 15.4 Å². The molecule has 0 aromatic heterocycles. The third-order valence-electron chi connectivity index (χ3n) is 8.03. The second-order valence-corrected chi connectivity index (χ2v) is 13.7. The van der Waals surface area contributed by atoms with Crippen LogP contribution >= 0.6 is 11.8 Å². The van der Waals surface area contributed by atoms with E-state index in [-0.39, 0.29) is 11.1 Å². The molecule has 5 nitrogen and oxygen atoms in total. The van der Waals surface area contributed by atoms with Gasteiger partial charge in [0.15, 0.2) is 0 Å². The minimum Gasteiger partial charge on any atom is -0.478 e. The van der Waals surface area contributed by atoms with Crippen molar-refractivity contribution in [1.29, 1.82) is 0 Å². The lowest BCUT2D eigenvalue weighted by molar-refractivity contribution is -0.903. The van der Waals surface area contributed by atoms with Crippen molar-refractivity contribution in [3.63, 3.8) is 0 Å². The first-order valence-corrected chi connectivity index (χ1v) is 17.7. The largest absolute Gasteiger partial charge is 0.478 e. The quantitative estimate of drug-likeness (QED) is 0.0901. The Bertz CT molecular complexity index is 1190. The van der Waals surface area contributed by atoms with Gasteiger partial charge >= 0.3 is 11.9 Å². The molecule has 3 rings (SSSR count). The zero-order chi connectivity index (χ0) is 32.8. The van der Waals surface area contributed by atoms with E-state index < -0.39 is 11.9 Å². The molecule has 3 aromatic carbocycles. The van der Waals surface area contributed by atoms with Gasteiger partial charge in [0.2, 0.25) is 0 Å². The fraction of sp³-hybridized carbons (Fsp3) is 0.487. The molecule has 0 aliphatic heterocycles. The van der Waals surface area contributed by atoms with Crippen LogP contribution in [0.15, 0.2) is 88.7 Å². The molecule has 2 N–H and O–H groups in total. The van der Waals surface area contributed by atoms with E-state index in [1.165, 1.54) is 114 Å². The van der Waals surface area contributed by atoms with E-state index in [2.05, 4.69) is 51.4 Å². The smallest absolute Gasteiger partial charge is 0.336 e. The molecule has 3 aromatic rings. The third kappa shape index (κ3) is 16.7. The molecule has 0 fully saturated rings. The maximum atomic E-state index is 11.1. The molecule has 0 unspecified atom stereocenters. The second kappa shape index (κ2) is 22.4. The SMILES string of the molecule is CCCCCCCCCCCCCCCC[N+](C)(C)Cc1ccccc1.O=C(O)c1ccccc1Sc1ccccc1C(=O)O.